The van der Waals surface area contributed by atoms with Crippen LogP contribution in [0.3, 0.4) is 0 Å². The number of carbonyl (C=O) groups excluding carboxylic acids is 6. The highest BCUT2D eigenvalue weighted by molar-refractivity contribution is 7.99. The standard InChI is InChI=1S/C51H56N4O12S.C39H46N4O12S.C6H14N2/c1-7-16-63-50(58)53-36(25-68-24-35-33-14-10-8-12-31(33)32-13-9-11-15-34(32)35)49(57)64-23-40-42-47-45(66-27-67-47)29(3)48(56)51(42,59)21-38-43-41-30(20-37(54(43)4)39(22-52)55(38)40)19-28(2)44(61-6)46(41)65-26-62-18-17-60-5;1-8-9-50-39(46)41-23-16-56-37-29-28(36-34(53-18-54-36)20(3)33(29)55-21(4)44)26(15-51-38(23)45)43-25(14-40)24-13-22-12-19(2)32(48-7)35(52-17-49-11-10-47-6)27(22)30(31(37)43)42(24)5;1-6(7(2)3)8(4)5/h7-15,19,35-40,43,59H,1,16-18,20-21,23-27H2,2-6H3,(H,53,58);8,12,23-26,30-31,37H,1,9-11,13,15-18H2,2-7H3,(H,41,46);1H2,2-5H3/t36-,37+,38?,39+,40+,43+,51-;23-,24+,25+,26+,30-,31?,37-;/m11./s1. The molecule has 10 aliphatic heterocycles. The van der Waals surface area contributed by atoms with E-state index >= 15 is 0 Å². The van der Waals surface area contributed by atoms with Crippen LogP contribution >= 0.6 is 23.5 Å². The molecule has 12 aliphatic rings. The molecule has 0 aromatic heterocycles. The van der Waals surface area contributed by atoms with Gasteiger partial charge in [-0.05, 0) is 99.1 Å². The number of amides is 2. The Bertz CT molecular complexity index is 5370. The molecule has 36 heteroatoms. The number of carbonyl (C=O) groups is 6. The number of benzene rings is 5. The van der Waals surface area contributed by atoms with Crippen LogP contribution in [0.4, 0.5) is 9.59 Å². The lowest BCUT2D eigenvalue weighted by atomic mass is 9.65. The van der Waals surface area contributed by atoms with E-state index in [0.29, 0.717) is 102 Å². The van der Waals surface area contributed by atoms with Gasteiger partial charge in [-0.15, -0.1) is 11.8 Å². The van der Waals surface area contributed by atoms with E-state index in [0.717, 1.165) is 39.2 Å². The van der Waals surface area contributed by atoms with Crippen LogP contribution in [0.5, 0.6) is 40.2 Å². The molecule has 0 spiro atoms. The van der Waals surface area contributed by atoms with Gasteiger partial charge in [0.05, 0.1) is 88.0 Å². The number of methoxy groups -OCH3 is 4. The number of nitrogens with zero attached hydrogens (tertiary/aromatic N) is 8. The molecule has 0 saturated carbocycles. The van der Waals surface area contributed by atoms with E-state index in [4.69, 9.17) is 80.5 Å². The zero-order valence-electron chi connectivity index (χ0n) is 77.1. The van der Waals surface area contributed by atoms with Gasteiger partial charge in [-0.3, -0.25) is 29.2 Å². The number of nitriles is 2. The average Bonchev–Trinajstić information content (AvgIpc) is 1.03. The summed E-state index contributed by atoms with van der Waals surface area (Å²) in [6.45, 7) is 19.8. The topological polar surface area (TPSA) is 371 Å². The number of ketones is 1. The summed E-state index contributed by atoms with van der Waals surface area (Å²) >= 11 is 2.86. The van der Waals surface area contributed by atoms with Gasteiger partial charge >= 0.3 is 30.1 Å². The van der Waals surface area contributed by atoms with Crippen molar-refractivity contribution in [3.05, 3.63) is 182 Å². The number of hydrogen-bond acceptors (Lipinski definition) is 34. The highest BCUT2D eigenvalue weighted by Crippen LogP contribution is 2.65. The number of likely N-dealkylation sites (N-methyl/N-ethyl adjacent to an activating group) is 2. The Morgan fingerprint density at radius 1 is 0.689 bits per heavy atom. The van der Waals surface area contributed by atoms with Gasteiger partial charge in [-0.1, -0.05) is 92.6 Å². The normalized spacial score (nSPS) is 24.5. The van der Waals surface area contributed by atoms with E-state index in [1.54, 1.807) is 42.3 Å². The van der Waals surface area contributed by atoms with Gasteiger partial charge in [0.25, 0.3) is 0 Å². The van der Waals surface area contributed by atoms with Crippen molar-refractivity contribution in [2.45, 2.75) is 143 Å². The first-order valence-corrected chi connectivity index (χ1v) is 45.8. The molecule has 6 bridgehead atoms. The van der Waals surface area contributed by atoms with Crippen molar-refractivity contribution in [1.82, 2.24) is 40.0 Å². The van der Waals surface area contributed by atoms with Crippen LogP contribution in [0.25, 0.3) is 11.1 Å². The molecule has 17 rings (SSSR count). The number of alkyl carbamates (subject to hydrolysis) is 2. The van der Waals surface area contributed by atoms with Gasteiger partial charge in [-0.25, -0.2) is 19.2 Å². The molecular formula is C96H116N10O24S2. The summed E-state index contributed by atoms with van der Waals surface area (Å²) in [5.41, 5.74) is 9.99. The van der Waals surface area contributed by atoms with Crippen LogP contribution in [-0.2, 0) is 79.4 Å². The van der Waals surface area contributed by atoms with Crippen LogP contribution in [-0.4, -0.2) is 298 Å². The lowest BCUT2D eigenvalue weighted by Crippen LogP contribution is -2.74. The zero-order valence-corrected chi connectivity index (χ0v) is 78.7. The molecule has 2 unspecified atom stereocenters. The van der Waals surface area contributed by atoms with Crippen LogP contribution in [0.1, 0.15) is 111 Å². The maximum Gasteiger partial charge on any atom is 0.408 e. The Morgan fingerprint density at radius 2 is 1.24 bits per heavy atom. The number of fused-ring (bicyclic) bond motifs is 21. The predicted molar refractivity (Wildman–Crippen MR) is 486 cm³/mol. The van der Waals surface area contributed by atoms with Crippen molar-refractivity contribution < 1.29 is 114 Å². The first kappa shape index (κ1) is 96.8. The summed E-state index contributed by atoms with van der Waals surface area (Å²) in [5, 5.41) is 40.1. The van der Waals surface area contributed by atoms with Crippen molar-refractivity contribution in [2.75, 3.05) is 168 Å². The fourth-order valence-corrected chi connectivity index (χ4v) is 23.1. The lowest BCUT2D eigenvalue weighted by molar-refractivity contribution is -0.159. The third kappa shape index (κ3) is 18.4. The summed E-state index contributed by atoms with van der Waals surface area (Å²) in [6, 6.07) is 17.2. The number of aliphatic hydroxyl groups is 1. The van der Waals surface area contributed by atoms with Crippen molar-refractivity contribution in [1.29, 1.82) is 10.5 Å². The number of piperidine rings is 1. The van der Waals surface area contributed by atoms with Gasteiger partial charge in [0.15, 0.2) is 71.0 Å². The maximum atomic E-state index is 14.6. The van der Waals surface area contributed by atoms with Gasteiger partial charge in [0, 0.05) is 142 Å². The molecule has 132 heavy (non-hydrogen) atoms. The predicted octanol–water partition coefficient (Wildman–Crippen LogP) is 9.85. The Labute approximate surface area is 777 Å². The van der Waals surface area contributed by atoms with E-state index in [2.05, 4.69) is 87.5 Å². The smallest absolute Gasteiger partial charge is 0.408 e. The second-order valence-electron chi connectivity index (χ2n) is 34.1. The van der Waals surface area contributed by atoms with E-state index in [1.807, 2.05) is 101 Å². The second-order valence-corrected chi connectivity index (χ2v) is 36.3. The van der Waals surface area contributed by atoms with E-state index in [9.17, 15) is 44.4 Å². The SMILES string of the molecule is C=C(N(C)C)N(C)C.C=CCOC(=O)N[C@@H]1CS[C@@H]2c3c(OC(C)=O)c(C)c4c(c3[C@H](COC1=O)N1C2[C@H]2c3c(cc(C)c(OC)c3OCOCCOC)C[C@@H]([C@@H]1C#N)N2C)OCO4.C=CCOC(=O)N[C@H](CSCC1c2ccccc2-c2ccccc21)C(=O)OC[C@H]1C2=C3OCOC3=C(C)C(=O)[C@@]2(O)CC2[C@H]3c4c(cc(C)c(OC)c4OCOCCOC)C[C@@H]([C@H](C#N)N21)N3C. The first-order chi connectivity index (χ1) is 63.6. The molecule has 34 nitrogen and oxygen atoms in total. The number of ether oxygens (including phenoxy) is 17. The third-order valence-electron chi connectivity index (χ3n) is 26.1. The minimum absolute atomic E-state index is 0.0337. The average molecular weight is 1860 g/mol. The van der Waals surface area contributed by atoms with Gasteiger partial charge in [0.1, 0.15) is 56.3 Å². The molecule has 5 saturated heterocycles. The maximum absolute atomic E-state index is 14.6. The molecule has 3 N–H and O–H groups in total. The number of nitrogens with one attached hydrogen (secondary N) is 2. The Kier molecular flexibility index (Phi) is 30.7. The molecule has 5 aromatic rings. The second kappa shape index (κ2) is 41.9. The minimum Gasteiger partial charge on any atom is -0.493 e. The fraction of sp³-hybridized carbons (Fsp3) is 0.500. The van der Waals surface area contributed by atoms with Crippen LogP contribution < -0.4 is 43.8 Å². The number of rotatable bonds is 30. The molecule has 2 aliphatic carbocycles. The van der Waals surface area contributed by atoms with Crippen molar-refractivity contribution in [3.8, 4) is 63.5 Å². The summed E-state index contributed by atoms with van der Waals surface area (Å²) < 4.78 is 99.6. The zero-order chi connectivity index (χ0) is 94.4. The number of piperazine rings is 2. The highest BCUT2D eigenvalue weighted by atomic mass is 32.2. The van der Waals surface area contributed by atoms with Crippen molar-refractivity contribution in [2.24, 2.45) is 0 Å². The van der Waals surface area contributed by atoms with Crippen LogP contribution in [0, 0.1) is 43.4 Å². The largest absolute Gasteiger partial charge is 0.493 e. The quantitative estimate of drug-likeness (QED) is 0.00960. The van der Waals surface area contributed by atoms with Gasteiger partial charge in [0.2, 0.25) is 13.6 Å². The van der Waals surface area contributed by atoms with Gasteiger partial charge in [-0.2, -0.15) is 22.3 Å². The van der Waals surface area contributed by atoms with Crippen LogP contribution in [0.2, 0.25) is 0 Å². The summed E-state index contributed by atoms with van der Waals surface area (Å²) in [4.78, 5) is 94.1. The van der Waals surface area contributed by atoms with E-state index in [1.165, 1.54) is 64.9 Å². The molecule has 0 radical (unpaired) electrons. The minimum atomic E-state index is -2.16. The summed E-state index contributed by atoms with van der Waals surface area (Å²) in [6.07, 6.45) is 2.01. The number of thioether (sulfide) groups is 2. The van der Waals surface area contributed by atoms with Gasteiger partial charge < -0.3 is 106 Å². The summed E-state index contributed by atoms with van der Waals surface area (Å²) in [7, 11) is 18.2. The monoisotopic (exact) mass is 1860 g/mol. The number of aryl methyl sites for hydroxylation is 2. The molecule has 10 heterocycles. The van der Waals surface area contributed by atoms with Crippen LogP contribution in [0.15, 0.2) is 121 Å². The van der Waals surface area contributed by atoms with E-state index in [-0.39, 0.29) is 99.5 Å². The van der Waals surface area contributed by atoms with Crippen molar-refractivity contribution in [3.63, 3.8) is 0 Å². The van der Waals surface area contributed by atoms with E-state index < -0.39 is 120 Å². The number of esters is 3. The molecule has 706 valence electrons. The molecular weight excluding hydrogens is 1740 g/mol. The fourth-order valence-electron chi connectivity index (χ4n) is 20.4. The number of Topliss-reactive ketones (excluding diaryl/α,β-unsaturated/α-hetero) is 1. The third-order valence-corrected chi connectivity index (χ3v) is 28.7. The molecule has 5 aromatic carbocycles. The highest BCUT2D eigenvalue weighted by Gasteiger charge is 2.66. The van der Waals surface area contributed by atoms with Crippen molar-refractivity contribution >= 4 is 59.4 Å². The molecule has 5 fully saturated rings. The Hall–Kier alpha value is -11.3. The first-order valence-electron chi connectivity index (χ1n) is 43.6. The molecule has 14 atom stereocenters. The Balaban J connectivity index is 0.000000199. The summed E-state index contributed by atoms with van der Waals surface area (Å²) in [5.74, 6) is 2.82. The molecule has 2 amide bonds. The lowest BCUT2D eigenvalue weighted by Gasteiger charge is -2.62. The number of hydrogen-bond donors (Lipinski definition) is 3. The Morgan fingerprint density at radius 3 is 1.80 bits per heavy atom.